The summed E-state index contributed by atoms with van der Waals surface area (Å²) in [6.07, 6.45) is -4.06. The molecule has 0 radical (unpaired) electrons. The highest BCUT2D eigenvalue weighted by molar-refractivity contribution is 5.57. The minimum absolute atomic E-state index is 0.0707. The SMILES string of the molecule is Oc1ccc2c(c1)O[C@H](c1ccc(O)c(O)c1)[C@@H](O)[C@H]2c1cc2c(cc1O)O[C@@H](c1ccc(O)c(O)c1)[C@@H](O)C2. The lowest BCUT2D eigenvalue weighted by Gasteiger charge is -2.38. The van der Waals surface area contributed by atoms with Crippen molar-refractivity contribution in [1.82, 2.24) is 0 Å². The molecule has 4 aromatic carbocycles. The van der Waals surface area contributed by atoms with E-state index in [1.165, 1.54) is 54.6 Å². The topological polar surface area (TPSA) is 180 Å². The maximum Gasteiger partial charge on any atom is 0.157 e. The number of aliphatic hydroxyl groups is 2. The van der Waals surface area contributed by atoms with Gasteiger partial charge in [0, 0.05) is 35.6 Å². The van der Waals surface area contributed by atoms with Crippen molar-refractivity contribution in [3.63, 3.8) is 0 Å². The molecule has 0 spiro atoms. The Morgan fingerprint density at radius 1 is 0.550 bits per heavy atom. The molecule has 206 valence electrons. The second-order valence-electron chi connectivity index (χ2n) is 10.1. The fourth-order valence-electron chi connectivity index (χ4n) is 5.49. The van der Waals surface area contributed by atoms with E-state index in [-0.39, 0.29) is 40.9 Å². The van der Waals surface area contributed by atoms with Crippen LogP contribution in [0.5, 0.6) is 46.0 Å². The summed E-state index contributed by atoms with van der Waals surface area (Å²) in [5, 5.41) is 83.0. The van der Waals surface area contributed by atoms with Crippen LogP contribution in [0, 0.1) is 0 Å². The number of phenols is 6. The van der Waals surface area contributed by atoms with Crippen LogP contribution in [0.4, 0.5) is 0 Å². The monoisotopic (exact) mass is 546 g/mol. The average Bonchev–Trinajstić information content (AvgIpc) is 2.91. The van der Waals surface area contributed by atoms with E-state index in [4.69, 9.17) is 9.47 Å². The zero-order chi connectivity index (χ0) is 28.3. The Morgan fingerprint density at radius 2 is 1.18 bits per heavy atom. The maximum absolute atomic E-state index is 11.6. The Hall–Kier alpha value is -4.80. The number of hydrogen-bond acceptors (Lipinski definition) is 10. The number of ether oxygens (including phenoxy) is 2. The standard InChI is InChI=1S/C30H26O10/c31-16-3-4-17-26(11-16)40-30(14-2-6-20(33)23(36)9-14)28(38)27(17)18-7-15-10-24(37)29(39-25(15)12-21(18)34)13-1-5-19(32)22(35)8-13/h1-9,11-12,24,27-38H,10H2/t24-,27+,28-,29-,30+/m0/s1. The first-order chi connectivity index (χ1) is 19.1. The van der Waals surface area contributed by atoms with E-state index in [9.17, 15) is 40.9 Å². The molecule has 0 aliphatic carbocycles. The van der Waals surface area contributed by atoms with Gasteiger partial charge < -0.3 is 50.3 Å². The van der Waals surface area contributed by atoms with Crippen LogP contribution in [-0.4, -0.2) is 53.1 Å². The molecule has 0 aromatic heterocycles. The molecule has 8 N–H and O–H groups in total. The number of benzene rings is 4. The first kappa shape index (κ1) is 25.5. The van der Waals surface area contributed by atoms with Gasteiger partial charge in [-0.1, -0.05) is 18.2 Å². The molecule has 0 bridgehead atoms. The predicted octanol–water partition coefficient (Wildman–Crippen LogP) is 3.58. The van der Waals surface area contributed by atoms with E-state index in [0.29, 0.717) is 33.6 Å². The van der Waals surface area contributed by atoms with Crippen molar-refractivity contribution in [2.45, 2.75) is 36.8 Å². The summed E-state index contributed by atoms with van der Waals surface area (Å²) in [5.41, 5.74) is 2.18. The minimum atomic E-state index is -1.27. The summed E-state index contributed by atoms with van der Waals surface area (Å²) in [4.78, 5) is 0. The fourth-order valence-corrected chi connectivity index (χ4v) is 5.49. The fraction of sp³-hybridized carbons (Fsp3) is 0.200. The molecule has 0 unspecified atom stereocenters. The predicted molar refractivity (Wildman–Crippen MR) is 140 cm³/mol. The highest BCUT2D eigenvalue weighted by Gasteiger charge is 2.42. The van der Waals surface area contributed by atoms with Gasteiger partial charge in [0.05, 0.1) is 6.10 Å². The van der Waals surface area contributed by atoms with Crippen molar-refractivity contribution in [2.24, 2.45) is 0 Å². The molecule has 5 atom stereocenters. The molecule has 2 aliphatic rings. The van der Waals surface area contributed by atoms with Gasteiger partial charge in [-0.15, -0.1) is 0 Å². The van der Waals surface area contributed by atoms with Crippen LogP contribution >= 0.6 is 0 Å². The Balaban J connectivity index is 1.41. The molecule has 6 rings (SSSR count). The highest BCUT2D eigenvalue weighted by atomic mass is 16.5. The largest absolute Gasteiger partial charge is 0.508 e. The quantitative estimate of drug-likeness (QED) is 0.177. The van der Waals surface area contributed by atoms with E-state index in [1.807, 2.05) is 0 Å². The first-order valence-electron chi connectivity index (χ1n) is 12.5. The Kier molecular flexibility index (Phi) is 6.01. The van der Waals surface area contributed by atoms with Gasteiger partial charge in [-0.3, -0.25) is 0 Å². The molecule has 4 aromatic rings. The van der Waals surface area contributed by atoms with Crippen molar-refractivity contribution in [3.05, 3.63) is 94.5 Å². The smallest absolute Gasteiger partial charge is 0.157 e. The van der Waals surface area contributed by atoms with Gasteiger partial charge in [0.1, 0.15) is 35.2 Å². The summed E-state index contributed by atoms with van der Waals surface area (Å²) in [5.74, 6) is -1.95. The van der Waals surface area contributed by atoms with Crippen LogP contribution < -0.4 is 9.47 Å². The zero-order valence-corrected chi connectivity index (χ0v) is 20.8. The highest BCUT2D eigenvalue weighted by Crippen LogP contribution is 2.51. The summed E-state index contributed by atoms with van der Waals surface area (Å²) in [7, 11) is 0. The summed E-state index contributed by atoms with van der Waals surface area (Å²) in [6, 6.07) is 15.6. The number of phenolic OH excluding ortho intramolecular Hbond substituents is 6. The van der Waals surface area contributed by atoms with Crippen molar-refractivity contribution < 1.29 is 50.3 Å². The summed E-state index contributed by atoms with van der Waals surface area (Å²) < 4.78 is 12.0. The minimum Gasteiger partial charge on any atom is -0.508 e. The van der Waals surface area contributed by atoms with Gasteiger partial charge in [-0.2, -0.15) is 0 Å². The molecule has 0 saturated carbocycles. The van der Waals surface area contributed by atoms with Gasteiger partial charge in [0.25, 0.3) is 0 Å². The Bertz CT molecular complexity index is 1620. The van der Waals surface area contributed by atoms with Crippen molar-refractivity contribution in [2.75, 3.05) is 0 Å². The van der Waals surface area contributed by atoms with E-state index < -0.39 is 36.1 Å². The molecule has 10 heteroatoms. The van der Waals surface area contributed by atoms with Gasteiger partial charge in [-0.05, 0) is 53.1 Å². The maximum atomic E-state index is 11.6. The Morgan fingerprint density at radius 3 is 1.82 bits per heavy atom. The molecule has 2 aliphatic heterocycles. The van der Waals surface area contributed by atoms with Crippen LogP contribution in [-0.2, 0) is 6.42 Å². The van der Waals surface area contributed by atoms with Crippen LogP contribution in [0.3, 0.4) is 0 Å². The Labute approximate surface area is 227 Å². The van der Waals surface area contributed by atoms with Crippen LogP contribution in [0.15, 0.2) is 66.7 Å². The third-order valence-electron chi connectivity index (χ3n) is 7.47. The molecule has 10 nitrogen and oxygen atoms in total. The lowest BCUT2D eigenvalue weighted by Crippen LogP contribution is -2.35. The summed E-state index contributed by atoms with van der Waals surface area (Å²) >= 11 is 0. The number of aromatic hydroxyl groups is 6. The van der Waals surface area contributed by atoms with Gasteiger partial charge in [0.2, 0.25) is 0 Å². The molecule has 0 fully saturated rings. The van der Waals surface area contributed by atoms with Crippen molar-refractivity contribution in [3.8, 4) is 46.0 Å². The number of aliphatic hydroxyl groups excluding tert-OH is 2. The second-order valence-corrected chi connectivity index (χ2v) is 10.1. The van der Waals surface area contributed by atoms with Crippen LogP contribution in [0.2, 0.25) is 0 Å². The van der Waals surface area contributed by atoms with E-state index in [1.54, 1.807) is 12.1 Å². The van der Waals surface area contributed by atoms with Gasteiger partial charge in [0.15, 0.2) is 29.1 Å². The van der Waals surface area contributed by atoms with E-state index in [0.717, 1.165) is 0 Å². The lowest BCUT2D eigenvalue weighted by atomic mass is 9.78. The number of hydrogen-bond donors (Lipinski definition) is 8. The molecule has 2 heterocycles. The van der Waals surface area contributed by atoms with Gasteiger partial charge in [-0.25, -0.2) is 0 Å². The number of rotatable bonds is 3. The lowest BCUT2D eigenvalue weighted by molar-refractivity contribution is 0.00730. The average molecular weight is 547 g/mol. The van der Waals surface area contributed by atoms with Crippen molar-refractivity contribution >= 4 is 0 Å². The normalized spacial score (nSPS) is 23.4. The third-order valence-corrected chi connectivity index (χ3v) is 7.47. The van der Waals surface area contributed by atoms with E-state index in [2.05, 4.69) is 0 Å². The first-order valence-corrected chi connectivity index (χ1v) is 12.5. The van der Waals surface area contributed by atoms with Crippen molar-refractivity contribution in [1.29, 1.82) is 0 Å². The molecule has 40 heavy (non-hydrogen) atoms. The molecule has 0 amide bonds. The second kappa shape index (κ2) is 9.44. The molecule has 0 saturated heterocycles. The molecular formula is C30H26O10. The summed E-state index contributed by atoms with van der Waals surface area (Å²) in [6.45, 7) is 0. The zero-order valence-electron chi connectivity index (χ0n) is 20.8. The van der Waals surface area contributed by atoms with Crippen LogP contribution in [0.25, 0.3) is 0 Å². The third kappa shape index (κ3) is 4.23. The van der Waals surface area contributed by atoms with Gasteiger partial charge >= 0.3 is 0 Å². The van der Waals surface area contributed by atoms with E-state index >= 15 is 0 Å². The molecular weight excluding hydrogens is 520 g/mol. The number of fused-ring (bicyclic) bond motifs is 2. The van der Waals surface area contributed by atoms with Crippen LogP contribution in [0.1, 0.15) is 45.9 Å².